The monoisotopic (exact) mass is 309 g/mol. The second kappa shape index (κ2) is 6.14. The Balaban J connectivity index is 2.06. The summed E-state index contributed by atoms with van der Waals surface area (Å²) >= 11 is 3.37. The molecule has 0 bridgehead atoms. The lowest BCUT2D eigenvalue weighted by molar-refractivity contribution is -0.130. The molecule has 0 atom stereocenters. The van der Waals surface area contributed by atoms with Crippen LogP contribution in [0.4, 0.5) is 0 Å². The Morgan fingerprint density at radius 1 is 1.22 bits per heavy atom. The average molecular weight is 310 g/mol. The number of nitrogens with zero attached hydrogens (tertiary/aromatic N) is 1. The molecule has 96 valence electrons. The van der Waals surface area contributed by atoms with Crippen molar-refractivity contribution in [3.8, 4) is 0 Å². The van der Waals surface area contributed by atoms with Crippen LogP contribution in [0.2, 0.25) is 0 Å². The second-order valence-corrected chi connectivity index (χ2v) is 5.38. The molecule has 4 heteroatoms. The van der Waals surface area contributed by atoms with E-state index in [9.17, 15) is 9.59 Å². The van der Waals surface area contributed by atoms with E-state index < -0.39 is 0 Å². The Morgan fingerprint density at radius 3 is 2.78 bits per heavy atom. The van der Waals surface area contributed by atoms with Crippen LogP contribution in [0.1, 0.15) is 36.0 Å². The van der Waals surface area contributed by atoms with E-state index in [-0.39, 0.29) is 18.2 Å². The number of carbonyl (C=O) groups is 2. The Hall–Kier alpha value is -1.16. The topological polar surface area (TPSA) is 37.4 Å². The zero-order valence-corrected chi connectivity index (χ0v) is 11.8. The van der Waals surface area contributed by atoms with Gasteiger partial charge in [-0.15, -0.1) is 0 Å². The average Bonchev–Trinajstić information content (AvgIpc) is 2.55. The molecule has 1 aromatic carbocycles. The predicted molar refractivity (Wildman–Crippen MR) is 73.5 cm³/mol. The molecule has 1 heterocycles. The van der Waals surface area contributed by atoms with E-state index in [1.807, 2.05) is 18.2 Å². The highest BCUT2D eigenvalue weighted by molar-refractivity contribution is 9.10. The lowest BCUT2D eigenvalue weighted by Gasteiger charge is -2.19. The summed E-state index contributed by atoms with van der Waals surface area (Å²) in [7, 11) is 0. The molecule has 0 radical (unpaired) electrons. The molecule has 0 unspecified atom stereocenters. The molecule has 1 aliphatic rings. The molecule has 0 saturated carbocycles. The number of benzene rings is 1. The molecular weight excluding hydrogens is 294 g/mol. The summed E-state index contributed by atoms with van der Waals surface area (Å²) in [5.41, 5.74) is 0.648. The third-order valence-electron chi connectivity index (χ3n) is 3.18. The minimum absolute atomic E-state index is 0.00211. The molecule has 3 nitrogen and oxygen atoms in total. The summed E-state index contributed by atoms with van der Waals surface area (Å²) in [6.45, 7) is 0.899. The summed E-state index contributed by atoms with van der Waals surface area (Å²) in [6.07, 6.45) is 3.59. The largest absolute Gasteiger partial charge is 0.335 e. The zero-order valence-electron chi connectivity index (χ0n) is 10.2. The van der Waals surface area contributed by atoms with E-state index >= 15 is 0 Å². The third kappa shape index (κ3) is 3.19. The summed E-state index contributed by atoms with van der Waals surface area (Å²) < 4.78 is 0.789. The SMILES string of the molecule is O=C(CN1CCCCCC1=O)c1ccccc1Br. The van der Waals surface area contributed by atoms with Crippen molar-refractivity contribution >= 4 is 27.6 Å². The van der Waals surface area contributed by atoms with Crippen LogP contribution in [0.5, 0.6) is 0 Å². The minimum Gasteiger partial charge on any atom is -0.335 e. The van der Waals surface area contributed by atoms with Crippen molar-refractivity contribution in [1.29, 1.82) is 0 Å². The van der Waals surface area contributed by atoms with Crippen LogP contribution >= 0.6 is 15.9 Å². The number of rotatable bonds is 3. The van der Waals surface area contributed by atoms with Crippen LogP contribution in [0.15, 0.2) is 28.7 Å². The van der Waals surface area contributed by atoms with E-state index in [0.717, 1.165) is 23.7 Å². The molecule has 18 heavy (non-hydrogen) atoms. The van der Waals surface area contributed by atoms with Crippen LogP contribution in [0, 0.1) is 0 Å². The van der Waals surface area contributed by atoms with Gasteiger partial charge in [0.15, 0.2) is 5.78 Å². The maximum atomic E-state index is 12.2. The van der Waals surface area contributed by atoms with Crippen LogP contribution in [-0.2, 0) is 4.79 Å². The van der Waals surface area contributed by atoms with Gasteiger partial charge in [-0.1, -0.05) is 40.5 Å². The van der Waals surface area contributed by atoms with Crippen molar-refractivity contribution in [3.63, 3.8) is 0 Å². The number of Topliss-reactive ketones (excluding diaryl/α,β-unsaturated/α-hetero) is 1. The zero-order chi connectivity index (χ0) is 13.0. The van der Waals surface area contributed by atoms with Crippen LogP contribution in [0.25, 0.3) is 0 Å². The van der Waals surface area contributed by atoms with Gasteiger partial charge in [-0.2, -0.15) is 0 Å². The first kappa shape index (κ1) is 13.3. The maximum Gasteiger partial charge on any atom is 0.222 e. The molecule has 2 rings (SSSR count). The van der Waals surface area contributed by atoms with Crippen molar-refractivity contribution < 1.29 is 9.59 Å². The lowest BCUT2D eigenvalue weighted by atomic mass is 10.1. The van der Waals surface area contributed by atoms with E-state index in [1.165, 1.54) is 0 Å². The van der Waals surface area contributed by atoms with Gasteiger partial charge in [0.2, 0.25) is 5.91 Å². The number of hydrogen-bond donors (Lipinski definition) is 0. The Kier molecular flexibility index (Phi) is 4.53. The van der Waals surface area contributed by atoms with Crippen molar-refractivity contribution in [2.45, 2.75) is 25.7 Å². The fraction of sp³-hybridized carbons (Fsp3) is 0.429. The van der Waals surface area contributed by atoms with Crippen LogP contribution in [-0.4, -0.2) is 29.7 Å². The molecule has 1 saturated heterocycles. The molecule has 1 amide bonds. The molecule has 0 N–H and O–H groups in total. The standard InChI is InChI=1S/C14H16BrNO2/c15-12-7-4-3-6-11(12)13(17)10-16-9-5-1-2-8-14(16)18/h3-4,6-7H,1-2,5,8-10H2. The van der Waals surface area contributed by atoms with Gasteiger partial charge in [0.05, 0.1) is 6.54 Å². The van der Waals surface area contributed by atoms with Gasteiger partial charge in [-0.05, 0) is 18.9 Å². The Bertz CT molecular complexity index is 459. The highest BCUT2D eigenvalue weighted by atomic mass is 79.9. The second-order valence-electron chi connectivity index (χ2n) is 4.53. The summed E-state index contributed by atoms with van der Waals surface area (Å²) in [5.74, 6) is 0.102. The fourth-order valence-corrected chi connectivity index (χ4v) is 2.66. The molecular formula is C14H16BrNO2. The lowest BCUT2D eigenvalue weighted by Crippen LogP contribution is -2.35. The van der Waals surface area contributed by atoms with E-state index in [4.69, 9.17) is 0 Å². The van der Waals surface area contributed by atoms with Gasteiger partial charge >= 0.3 is 0 Å². The van der Waals surface area contributed by atoms with Crippen molar-refractivity contribution in [3.05, 3.63) is 34.3 Å². The van der Waals surface area contributed by atoms with E-state index in [2.05, 4.69) is 15.9 Å². The van der Waals surface area contributed by atoms with E-state index in [1.54, 1.807) is 11.0 Å². The van der Waals surface area contributed by atoms with Gasteiger partial charge < -0.3 is 4.90 Å². The number of carbonyl (C=O) groups excluding carboxylic acids is 2. The van der Waals surface area contributed by atoms with Gasteiger partial charge in [0.1, 0.15) is 0 Å². The van der Waals surface area contributed by atoms with E-state index in [0.29, 0.717) is 18.5 Å². The number of hydrogen-bond acceptors (Lipinski definition) is 2. The number of ketones is 1. The fourth-order valence-electron chi connectivity index (χ4n) is 2.15. The van der Waals surface area contributed by atoms with Crippen molar-refractivity contribution in [1.82, 2.24) is 4.90 Å². The van der Waals surface area contributed by atoms with Gasteiger partial charge in [0.25, 0.3) is 0 Å². The van der Waals surface area contributed by atoms with Gasteiger partial charge in [0, 0.05) is 23.0 Å². The first-order valence-electron chi connectivity index (χ1n) is 6.24. The van der Waals surface area contributed by atoms with Gasteiger partial charge in [-0.3, -0.25) is 9.59 Å². The summed E-state index contributed by atoms with van der Waals surface area (Å²) in [4.78, 5) is 25.7. The number of halogens is 1. The normalized spacial score (nSPS) is 16.5. The number of amides is 1. The molecule has 0 aromatic heterocycles. The van der Waals surface area contributed by atoms with Gasteiger partial charge in [-0.25, -0.2) is 0 Å². The highest BCUT2D eigenvalue weighted by Crippen LogP contribution is 2.18. The summed E-state index contributed by atoms with van der Waals surface area (Å²) in [6, 6.07) is 7.34. The minimum atomic E-state index is -0.00211. The number of likely N-dealkylation sites (tertiary alicyclic amines) is 1. The quantitative estimate of drug-likeness (QED) is 0.805. The maximum absolute atomic E-state index is 12.2. The molecule has 1 fully saturated rings. The molecule has 0 spiro atoms. The predicted octanol–water partition coefficient (Wildman–Crippen LogP) is 3.03. The van der Waals surface area contributed by atoms with Crippen molar-refractivity contribution in [2.75, 3.05) is 13.1 Å². The molecule has 0 aliphatic carbocycles. The molecule has 1 aromatic rings. The van der Waals surface area contributed by atoms with Crippen LogP contribution in [0.3, 0.4) is 0 Å². The highest BCUT2D eigenvalue weighted by Gasteiger charge is 2.20. The smallest absolute Gasteiger partial charge is 0.222 e. The first-order valence-corrected chi connectivity index (χ1v) is 7.03. The molecule has 1 aliphatic heterocycles. The van der Waals surface area contributed by atoms with Crippen molar-refractivity contribution in [2.24, 2.45) is 0 Å². The Labute approximate surface area is 115 Å². The van der Waals surface area contributed by atoms with Crippen LogP contribution < -0.4 is 0 Å². The third-order valence-corrected chi connectivity index (χ3v) is 3.87. The Morgan fingerprint density at radius 2 is 2.00 bits per heavy atom. The first-order chi connectivity index (χ1) is 8.68. The summed E-state index contributed by atoms with van der Waals surface area (Å²) in [5, 5.41) is 0.